The van der Waals surface area contributed by atoms with Crippen molar-refractivity contribution < 1.29 is 9.90 Å². The molecule has 0 spiro atoms. The maximum atomic E-state index is 12.7. The summed E-state index contributed by atoms with van der Waals surface area (Å²) in [5.41, 5.74) is 1.64. The van der Waals surface area contributed by atoms with Gasteiger partial charge in [0.1, 0.15) is 0 Å². The summed E-state index contributed by atoms with van der Waals surface area (Å²) in [6, 6.07) is 19.0. The maximum Gasteiger partial charge on any atom is 0.326 e. The van der Waals surface area contributed by atoms with E-state index in [0.717, 1.165) is 30.6 Å². The third kappa shape index (κ3) is 3.71. The second-order valence-electron chi connectivity index (χ2n) is 5.95. The SMILES string of the molecule is O=C(NCC1CCCC1O)N(c1ccccc1)c1ccccc1. The van der Waals surface area contributed by atoms with E-state index in [0.29, 0.717) is 6.54 Å². The number of amides is 2. The topological polar surface area (TPSA) is 52.6 Å². The summed E-state index contributed by atoms with van der Waals surface area (Å²) in [4.78, 5) is 14.4. The van der Waals surface area contributed by atoms with Crippen molar-refractivity contribution in [3.63, 3.8) is 0 Å². The molecule has 1 fully saturated rings. The minimum absolute atomic E-state index is 0.160. The smallest absolute Gasteiger partial charge is 0.326 e. The lowest BCUT2D eigenvalue weighted by molar-refractivity contribution is 0.133. The van der Waals surface area contributed by atoms with Crippen molar-refractivity contribution in [2.75, 3.05) is 11.4 Å². The molecule has 3 rings (SSSR count). The fraction of sp³-hybridized carbons (Fsp3) is 0.316. The van der Waals surface area contributed by atoms with Gasteiger partial charge in [-0.15, -0.1) is 0 Å². The third-order valence-electron chi connectivity index (χ3n) is 4.37. The second kappa shape index (κ2) is 7.29. The summed E-state index contributed by atoms with van der Waals surface area (Å²) in [6.07, 6.45) is 2.54. The number of hydrogen-bond donors (Lipinski definition) is 2. The largest absolute Gasteiger partial charge is 0.393 e. The van der Waals surface area contributed by atoms with E-state index in [2.05, 4.69) is 5.32 Å². The predicted molar refractivity (Wildman–Crippen MR) is 91.8 cm³/mol. The van der Waals surface area contributed by atoms with E-state index in [1.54, 1.807) is 4.90 Å². The quantitative estimate of drug-likeness (QED) is 0.905. The van der Waals surface area contributed by atoms with Crippen LogP contribution in [-0.4, -0.2) is 23.8 Å². The number of nitrogens with one attached hydrogen (secondary N) is 1. The van der Waals surface area contributed by atoms with Gasteiger partial charge in [0.25, 0.3) is 0 Å². The lowest BCUT2D eigenvalue weighted by Gasteiger charge is -2.25. The van der Waals surface area contributed by atoms with Gasteiger partial charge in [-0.2, -0.15) is 0 Å². The van der Waals surface area contributed by atoms with Gasteiger partial charge in [0.05, 0.1) is 17.5 Å². The van der Waals surface area contributed by atoms with E-state index in [9.17, 15) is 9.90 Å². The predicted octanol–water partition coefficient (Wildman–Crippen LogP) is 3.70. The Bertz CT molecular complexity index is 591. The number of nitrogens with zero attached hydrogens (tertiary/aromatic N) is 1. The number of urea groups is 1. The van der Waals surface area contributed by atoms with Crippen LogP contribution in [0.1, 0.15) is 19.3 Å². The van der Waals surface area contributed by atoms with Gasteiger partial charge in [-0.1, -0.05) is 42.8 Å². The molecule has 0 bridgehead atoms. The van der Waals surface area contributed by atoms with Gasteiger partial charge in [-0.25, -0.2) is 4.79 Å². The number of para-hydroxylation sites is 2. The lowest BCUT2D eigenvalue weighted by Crippen LogP contribution is -2.40. The van der Waals surface area contributed by atoms with Gasteiger partial charge >= 0.3 is 6.03 Å². The van der Waals surface area contributed by atoms with Crippen LogP contribution < -0.4 is 10.2 Å². The standard InChI is InChI=1S/C19H22N2O2/c22-18-13-7-8-15(18)14-20-19(23)21(16-9-3-1-4-10-16)17-11-5-2-6-12-17/h1-6,9-12,15,18,22H,7-8,13-14H2,(H,20,23). The Labute approximate surface area is 136 Å². The number of aliphatic hydroxyl groups is 1. The van der Waals surface area contributed by atoms with Crippen molar-refractivity contribution >= 4 is 17.4 Å². The summed E-state index contributed by atoms with van der Waals surface area (Å²) in [5.74, 6) is 0.160. The molecule has 0 saturated heterocycles. The van der Waals surface area contributed by atoms with Crippen LogP contribution >= 0.6 is 0 Å². The highest BCUT2D eigenvalue weighted by Crippen LogP contribution is 2.27. The Morgan fingerprint density at radius 2 is 1.57 bits per heavy atom. The molecule has 23 heavy (non-hydrogen) atoms. The highest BCUT2D eigenvalue weighted by atomic mass is 16.3. The molecule has 4 nitrogen and oxygen atoms in total. The fourth-order valence-electron chi connectivity index (χ4n) is 3.09. The summed E-state index contributed by atoms with van der Waals surface area (Å²) in [5, 5.41) is 12.9. The van der Waals surface area contributed by atoms with Gasteiger partial charge in [0.15, 0.2) is 0 Å². The molecular formula is C19H22N2O2. The molecule has 1 saturated carbocycles. The minimum atomic E-state index is -0.294. The maximum absolute atomic E-state index is 12.7. The van der Waals surface area contributed by atoms with E-state index in [1.165, 1.54) is 0 Å². The normalized spacial score (nSPS) is 20.2. The van der Waals surface area contributed by atoms with Crippen LogP contribution in [0.2, 0.25) is 0 Å². The summed E-state index contributed by atoms with van der Waals surface area (Å²) in [6.45, 7) is 0.510. The molecule has 2 N–H and O–H groups in total. The van der Waals surface area contributed by atoms with Gasteiger partial charge in [0.2, 0.25) is 0 Å². The zero-order valence-electron chi connectivity index (χ0n) is 13.1. The average molecular weight is 310 g/mol. The number of hydrogen-bond acceptors (Lipinski definition) is 2. The van der Waals surface area contributed by atoms with Crippen LogP contribution in [0.25, 0.3) is 0 Å². The molecule has 1 aliphatic rings. The Kier molecular flexibility index (Phi) is 4.93. The molecule has 2 amide bonds. The molecule has 2 unspecified atom stereocenters. The molecule has 0 aliphatic heterocycles. The monoisotopic (exact) mass is 310 g/mol. The van der Waals surface area contributed by atoms with Crippen molar-refractivity contribution in [1.29, 1.82) is 0 Å². The molecule has 1 aliphatic carbocycles. The molecular weight excluding hydrogens is 288 g/mol. The molecule has 0 aromatic heterocycles. The zero-order valence-corrected chi connectivity index (χ0v) is 13.1. The van der Waals surface area contributed by atoms with Crippen LogP contribution in [0.3, 0.4) is 0 Å². The van der Waals surface area contributed by atoms with Crippen LogP contribution in [-0.2, 0) is 0 Å². The summed E-state index contributed by atoms with van der Waals surface area (Å²) in [7, 11) is 0. The first-order valence-corrected chi connectivity index (χ1v) is 8.12. The number of rotatable bonds is 4. The first-order chi connectivity index (χ1) is 11.3. The number of carbonyl (C=O) groups is 1. The first kappa shape index (κ1) is 15.6. The number of anilines is 2. The van der Waals surface area contributed by atoms with Gasteiger partial charge in [-0.05, 0) is 37.1 Å². The van der Waals surface area contributed by atoms with E-state index < -0.39 is 0 Å². The molecule has 2 aromatic rings. The van der Waals surface area contributed by atoms with E-state index in [-0.39, 0.29) is 18.1 Å². The Morgan fingerprint density at radius 3 is 2.04 bits per heavy atom. The Hall–Kier alpha value is -2.33. The van der Waals surface area contributed by atoms with Crippen molar-refractivity contribution in [2.45, 2.75) is 25.4 Å². The number of benzene rings is 2. The van der Waals surface area contributed by atoms with E-state index >= 15 is 0 Å². The third-order valence-corrected chi connectivity index (χ3v) is 4.37. The zero-order chi connectivity index (χ0) is 16.1. The highest BCUT2D eigenvalue weighted by molar-refractivity contribution is 5.99. The lowest BCUT2D eigenvalue weighted by atomic mass is 10.1. The van der Waals surface area contributed by atoms with Crippen LogP contribution in [0.5, 0.6) is 0 Å². The van der Waals surface area contributed by atoms with Crippen LogP contribution in [0, 0.1) is 5.92 Å². The molecule has 0 heterocycles. The molecule has 2 aromatic carbocycles. The first-order valence-electron chi connectivity index (χ1n) is 8.12. The van der Waals surface area contributed by atoms with Crippen LogP contribution in [0.15, 0.2) is 60.7 Å². The number of aliphatic hydroxyl groups excluding tert-OH is 1. The number of carbonyl (C=O) groups excluding carboxylic acids is 1. The minimum Gasteiger partial charge on any atom is -0.393 e. The van der Waals surface area contributed by atoms with Gasteiger partial charge < -0.3 is 10.4 Å². The van der Waals surface area contributed by atoms with Gasteiger partial charge in [-0.3, -0.25) is 4.90 Å². The van der Waals surface area contributed by atoms with Crippen molar-refractivity contribution in [2.24, 2.45) is 5.92 Å². The van der Waals surface area contributed by atoms with Crippen molar-refractivity contribution in [3.8, 4) is 0 Å². The summed E-state index contributed by atoms with van der Waals surface area (Å²) < 4.78 is 0. The molecule has 0 radical (unpaired) electrons. The van der Waals surface area contributed by atoms with E-state index in [1.807, 2.05) is 60.7 Å². The van der Waals surface area contributed by atoms with E-state index in [4.69, 9.17) is 0 Å². The highest BCUT2D eigenvalue weighted by Gasteiger charge is 2.26. The molecule has 120 valence electrons. The average Bonchev–Trinajstić information content (AvgIpc) is 3.00. The van der Waals surface area contributed by atoms with Crippen molar-refractivity contribution in [1.82, 2.24) is 5.32 Å². The van der Waals surface area contributed by atoms with Crippen molar-refractivity contribution in [3.05, 3.63) is 60.7 Å². The molecule has 2 atom stereocenters. The second-order valence-corrected chi connectivity index (χ2v) is 5.95. The summed E-state index contributed by atoms with van der Waals surface area (Å²) >= 11 is 0. The molecule has 4 heteroatoms. The van der Waals surface area contributed by atoms with Crippen LogP contribution in [0.4, 0.5) is 16.2 Å². The fourth-order valence-corrected chi connectivity index (χ4v) is 3.09. The Morgan fingerprint density at radius 1 is 1.00 bits per heavy atom. The Balaban J connectivity index is 1.77. The van der Waals surface area contributed by atoms with Gasteiger partial charge in [0, 0.05) is 12.5 Å².